The molecule has 0 aliphatic rings. The van der Waals surface area contributed by atoms with Gasteiger partial charge in [-0.15, -0.1) is 0 Å². The molecule has 6 heteroatoms. The van der Waals surface area contributed by atoms with Crippen LogP contribution in [0.1, 0.15) is 6.92 Å². The van der Waals surface area contributed by atoms with Gasteiger partial charge in [-0.3, -0.25) is 9.69 Å². The summed E-state index contributed by atoms with van der Waals surface area (Å²) >= 11 is 5.23. The molecule has 3 amide bonds. The second-order valence-corrected chi connectivity index (χ2v) is 4.82. The lowest BCUT2D eigenvalue weighted by atomic mass is 10.2. The predicted molar refractivity (Wildman–Crippen MR) is 63.8 cm³/mol. The lowest BCUT2D eigenvalue weighted by molar-refractivity contribution is -0.871. The third-order valence-corrected chi connectivity index (χ3v) is 2.13. The summed E-state index contributed by atoms with van der Waals surface area (Å²) in [6.45, 7) is 5.78. The molecule has 1 N–H and O–H groups in total. The maximum atomic E-state index is 11.5. The van der Waals surface area contributed by atoms with Crippen molar-refractivity contribution in [2.24, 2.45) is 0 Å². The molecule has 0 bridgehead atoms. The molecule has 92 valence electrons. The molecule has 0 aliphatic carbocycles. The van der Waals surface area contributed by atoms with Gasteiger partial charge in [-0.1, -0.05) is 6.58 Å². The van der Waals surface area contributed by atoms with Crippen LogP contribution >= 0.6 is 11.8 Å². The number of halogens is 1. The zero-order valence-corrected chi connectivity index (χ0v) is 10.9. The molecule has 0 spiro atoms. The van der Waals surface area contributed by atoms with E-state index >= 15 is 0 Å². The van der Waals surface area contributed by atoms with Crippen molar-refractivity contribution in [3.8, 4) is 0 Å². The molecule has 0 rings (SSSR count). The fraction of sp³-hybridized carbons (Fsp3) is 0.600. The van der Waals surface area contributed by atoms with E-state index in [1.54, 1.807) is 6.92 Å². The molecular formula is C10H19ClN3O2+. The highest BCUT2D eigenvalue weighted by molar-refractivity contribution is 6.22. The average molecular weight is 249 g/mol. The summed E-state index contributed by atoms with van der Waals surface area (Å²) < 4.78 is 0.637. The monoisotopic (exact) mass is 248 g/mol. The smallest absolute Gasteiger partial charge is 0.329 e. The van der Waals surface area contributed by atoms with Gasteiger partial charge in [0.15, 0.2) is 0 Å². The number of nitrogens with one attached hydrogen (secondary N) is 1. The van der Waals surface area contributed by atoms with Crippen LogP contribution in [-0.2, 0) is 4.79 Å². The Kier molecular flexibility index (Phi) is 5.47. The van der Waals surface area contributed by atoms with E-state index in [1.807, 2.05) is 26.0 Å². The van der Waals surface area contributed by atoms with Gasteiger partial charge in [0.1, 0.15) is 0 Å². The SMILES string of the molecule is C=CC(=O)N(C(=O)NCl)C(C)C[N+](C)(C)C. The Morgan fingerprint density at radius 1 is 1.50 bits per heavy atom. The second kappa shape index (κ2) is 5.86. The number of hydrogen-bond acceptors (Lipinski definition) is 2. The van der Waals surface area contributed by atoms with E-state index in [0.717, 1.165) is 11.0 Å². The van der Waals surface area contributed by atoms with Gasteiger partial charge in [-0.2, -0.15) is 0 Å². The summed E-state index contributed by atoms with van der Waals surface area (Å²) in [4.78, 5) is 26.0. The minimum Gasteiger partial charge on any atom is -0.329 e. The van der Waals surface area contributed by atoms with Crippen molar-refractivity contribution >= 4 is 23.7 Å². The highest BCUT2D eigenvalue weighted by Crippen LogP contribution is 2.06. The summed E-state index contributed by atoms with van der Waals surface area (Å²) in [7, 11) is 5.93. The number of hydrogen-bond donors (Lipinski definition) is 1. The Bertz CT molecular complexity index is 286. The van der Waals surface area contributed by atoms with Crippen molar-refractivity contribution in [2.45, 2.75) is 13.0 Å². The molecule has 16 heavy (non-hydrogen) atoms. The number of nitrogens with zero attached hydrogens (tertiary/aromatic N) is 2. The van der Waals surface area contributed by atoms with Crippen molar-refractivity contribution in [3.63, 3.8) is 0 Å². The molecule has 0 fully saturated rings. The maximum Gasteiger partial charge on any atom is 0.339 e. The first-order valence-corrected chi connectivity index (χ1v) is 5.27. The fourth-order valence-electron chi connectivity index (χ4n) is 1.54. The first-order chi connectivity index (χ1) is 7.22. The van der Waals surface area contributed by atoms with Crippen LogP contribution in [0.2, 0.25) is 0 Å². The van der Waals surface area contributed by atoms with E-state index in [9.17, 15) is 9.59 Å². The van der Waals surface area contributed by atoms with Gasteiger partial charge in [0.2, 0.25) is 0 Å². The highest BCUT2D eigenvalue weighted by atomic mass is 35.5. The van der Waals surface area contributed by atoms with E-state index in [1.165, 1.54) is 0 Å². The van der Waals surface area contributed by atoms with Gasteiger partial charge in [-0.05, 0) is 13.0 Å². The van der Waals surface area contributed by atoms with Gasteiger partial charge >= 0.3 is 6.03 Å². The number of carbonyl (C=O) groups excluding carboxylic acids is 2. The molecule has 1 unspecified atom stereocenters. The van der Waals surface area contributed by atoms with Crippen LogP contribution in [0.5, 0.6) is 0 Å². The average Bonchev–Trinajstić information content (AvgIpc) is 2.14. The van der Waals surface area contributed by atoms with Gasteiger partial charge in [0, 0.05) is 11.8 Å². The van der Waals surface area contributed by atoms with Crippen LogP contribution in [0, 0.1) is 0 Å². The first-order valence-electron chi connectivity index (χ1n) is 4.89. The number of imide groups is 1. The zero-order valence-electron chi connectivity index (χ0n) is 10.2. The Morgan fingerprint density at radius 2 is 2.00 bits per heavy atom. The summed E-state index contributed by atoms with van der Waals surface area (Å²) in [6, 6.07) is -0.892. The normalized spacial score (nSPS) is 12.8. The standard InChI is InChI=1S/C10H18ClN3O2/c1-6-9(15)13(10(16)12-11)8(2)7-14(3,4)5/h6,8H,1,7H2,2-5H3/p+1. The molecule has 0 saturated carbocycles. The minimum absolute atomic E-state index is 0.260. The molecule has 1 atom stereocenters. The lowest BCUT2D eigenvalue weighted by Crippen LogP contribution is -2.53. The highest BCUT2D eigenvalue weighted by Gasteiger charge is 2.28. The molecule has 0 aromatic rings. The van der Waals surface area contributed by atoms with Gasteiger partial charge in [-0.25, -0.2) is 9.63 Å². The van der Waals surface area contributed by atoms with Crippen molar-refractivity contribution in [1.82, 2.24) is 9.74 Å². The molecule has 0 aliphatic heterocycles. The maximum absolute atomic E-state index is 11.5. The van der Waals surface area contributed by atoms with E-state index < -0.39 is 11.9 Å². The number of quaternary nitrogens is 1. The van der Waals surface area contributed by atoms with E-state index in [2.05, 4.69) is 6.58 Å². The van der Waals surface area contributed by atoms with Crippen LogP contribution in [0.15, 0.2) is 12.7 Å². The van der Waals surface area contributed by atoms with E-state index in [-0.39, 0.29) is 6.04 Å². The second-order valence-electron chi connectivity index (χ2n) is 4.63. The zero-order chi connectivity index (χ0) is 12.9. The number of likely N-dealkylation sites (N-methyl/N-ethyl adjacent to an activating group) is 1. The van der Waals surface area contributed by atoms with Crippen LogP contribution in [0.4, 0.5) is 4.79 Å². The van der Waals surface area contributed by atoms with Crippen LogP contribution in [-0.4, -0.2) is 55.1 Å². The minimum atomic E-state index is -0.632. The number of amides is 3. The lowest BCUT2D eigenvalue weighted by Gasteiger charge is -2.32. The Hall–Kier alpha value is -1.07. The molecule has 0 heterocycles. The number of carbonyl (C=O) groups is 2. The topological polar surface area (TPSA) is 49.4 Å². The number of urea groups is 1. The Labute approximate surface area is 101 Å². The van der Waals surface area contributed by atoms with Crippen molar-refractivity contribution in [1.29, 1.82) is 0 Å². The van der Waals surface area contributed by atoms with Crippen LogP contribution < -0.4 is 4.84 Å². The molecular weight excluding hydrogens is 230 g/mol. The summed E-state index contributed by atoms with van der Waals surface area (Å²) in [5.74, 6) is -0.459. The summed E-state index contributed by atoms with van der Waals surface area (Å²) in [6.07, 6.45) is 1.10. The summed E-state index contributed by atoms with van der Waals surface area (Å²) in [5, 5.41) is 0. The van der Waals surface area contributed by atoms with Crippen molar-refractivity contribution in [2.75, 3.05) is 27.7 Å². The molecule has 5 nitrogen and oxygen atoms in total. The van der Waals surface area contributed by atoms with Crippen LogP contribution in [0.25, 0.3) is 0 Å². The van der Waals surface area contributed by atoms with Crippen LogP contribution in [0.3, 0.4) is 0 Å². The van der Waals surface area contributed by atoms with E-state index in [4.69, 9.17) is 11.8 Å². The van der Waals surface area contributed by atoms with Gasteiger partial charge in [0.05, 0.1) is 33.7 Å². The first kappa shape index (κ1) is 14.9. The molecule has 0 saturated heterocycles. The third-order valence-electron chi connectivity index (χ3n) is 1.96. The van der Waals surface area contributed by atoms with Gasteiger partial charge < -0.3 is 4.48 Å². The Balaban J connectivity index is 4.83. The van der Waals surface area contributed by atoms with E-state index in [0.29, 0.717) is 11.0 Å². The predicted octanol–water partition coefficient (Wildman–Crippen LogP) is 0.959. The van der Waals surface area contributed by atoms with Gasteiger partial charge in [0.25, 0.3) is 5.91 Å². The molecule has 0 radical (unpaired) electrons. The molecule has 0 aromatic carbocycles. The third kappa shape index (κ3) is 4.63. The summed E-state index contributed by atoms with van der Waals surface area (Å²) in [5.41, 5.74) is 0. The fourth-order valence-corrected chi connectivity index (χ4v) is 1.63. The molecule has 0 aromatic heterocycles. The van der Waals surface area contributed by atoms with Crippen molar-refractivity contribution < 1.29 is 14.1 Å². The van der Waals surface area contributed by atoms with Crippen molar-refractivity contribution in [3.05, 3.63) is 12.7 Å². The quantitative estimate of drug-likeness (QED) is 0.458. The number of rotatable bonds is 4. The Morgan fingerprint density at radius 3 is 2.31 bits per heavy atom. The largest absolute Gasteiger partial charge is 0.339 e.